The fraction of sp³-hybridized carbons (Fsp3) is 0.455. The Hall–Kier alpha value is -0.820. The van der Waals surface area contributed by atoms with Gasteiger partial charge in [0.05, 0.1) is 6.61 Å². The standard InChI is InChI=1S/C11H16O/c1-4-11-7-10(8-12-3)6-5-9(11)2/h5-7H,4,8H2,1-3H3. The molecule has 0 aliphatic rings. The molecule has 1 nitrogen and oxygen atoms in total. The van der Waals surface area contributed by atoms with E-state index in [2.05, 4.69) is 32.0 Å². The first kappa shape index (κ1) is 9.27. The van der Waals surface area contributed by atoms with Gasteiger partial charge in [-0.1, -0.05) is 25.1 Å². The van der Waals surface area contributed by atoms with Crippen LogP contribution in [0.3, 0.4) is 0 Å². The van der Waals surface area contributed by atoms with Gasteiger partial charge in [-0.05, 0) is 30.0 Å². The molecule has 1 aromatic carbocycles. The molecular formula is C11H16O. The van der Waals surface area contributed by atoms with E-state index in [1.807, 2.05) is 0 Å². The fourth-order valence-corrected chi connectivity index (χ4v) is 1.36. The van der Waals surface area contributed by atoms with Crippen molar-refractivity contribution in [3.8, 4) is 0 Å². The molecule has 1 rings (SSSR count). The van der Waals surface area contributed by atoms with Gasteiger partial charge in [0.1, 0.15) is 0 Å². The predicted molar refractivity (Wildman–Crippen MR) is 51.3 cm³/mol. The lowest BCUT2D eigenvalue weighted by Crippen LogP contribution is -1.92. The van der Waals surface area contributed by atoms with Crippen molar-refractivity contribution in [1.29, 1.82) is 0 Å². The molecule has 0 unspecified atom stereocenters. The van der Waals surface area contributed by atoms with Gasteiger partial charge in [-0.3, -0.25) is 0 Å². The molecule has 0 atom stereocenters. The van der Waals surface area contributed by atoms with E-state index in [9.17, 15) is 0 Å². The zero-order valence-corrected chi connectivity index (χ0v) is 8.05. The van der Waals surface area contributed by atoms with Crippen LogP contribution in [-0.4, -0.2) is 7.11 Å². The predicted octanol–water partition coefficient (Wildman–Crippen LogP) is 2.70. The zero-order chi connectivity index (χ0) is 8.97. The van der Waals surface area contributed by atoms with E-state index >= 15 is 0 Å². The summed E-state index contributed by atoms with van der Waals surface area (Å²) in [4.78, 5) is 0. The molecule has 0 bridgehead atoms. The average Bonchev–Trinajstić information content (AvgIpc) is 2.09. The Morgan fingerprint density at radius 3 is 2.67 bits per heavy atom. The van der Waals surface area contributed by atoms with Gasteiger partial charge in [0.15, 0.2) is 0 Å². The number of hydrogen-bond acceptors (Lipinski definition) is 1. The van der Waals surface area contributed by atoms with Crippen molar-refractivity contribution >= 4 is 0 Å². The molecule has 0 N–H and O–H groups in total. The Morgan fingerprint density at radius 1 is 1.33 bits per heavy atom. The molecule has 0 aliphatic carbocycles. The molecule has 1 aromatic rings. The number of hydrogen-bond donors (Lipinski definition) is 0. The minimum Gasteiger partial charge on any atom is -0.380 e. The molecule has 0 saturated carbocycles. The molecule has 66 valence electrons. The monoisotopic (exact) mass is 164 g/mol. The Morgan fingerprint density at radius 2 is 2.08 bits per heavy atom. The third-order valence-corrected chi connectivity index (χ3v) is 2.11. The van der Waals surface area contributed by atoms with Gasteiger partial charge < -0.3 is 4.74 Å². The van der Waals surface area contributed by atoms with Crippen molar-refractivity contribution in [1.82, 2.24) is 0 Å². The molecule has 0 saturated heterocycles. The van der Waals surface area contributed by atoms with Crippen LogP contribution in [0, 0.1) is 6.92 Å². The summed E-state index contributed by atoms with van der Waals surface area (Å²) in [6.45, 7) is 5.04. The maximum Gasteiger partial charge on any atom is 0.0713 e. The molecule has 0 radical (unpaired) electrons. The SMILES string of the molecule is CCc1cc(COC)ccc1C. The van der Waals surface area contributed by atoms with Crippen LogP contribution < -0.4 is 0 Å². The average molecular weight is 164 g/mol. The van der Waals surface area contributed by atoms with Crippen LogP contribution in [0.5, 0.6) is 0 Å². The van der Waals surface area contributed by atoms with Gasteiger partial charge in [-0.2, -0.15) is 0 Å². The summed E-state index contributed by atoms with van der Waals surface area (Å²) in [6, 6.07) is 6.50. The van der Waals surface area contributed by atoms with Crippen molar-refractivity contribution in [2.75, 3.05) is 7.11 Å². The summed E-state index contributed by atoms with van der Waals surface area (Å²) >= 11 is 0. The van der Waals surface area contributed by atoms with Crippen LogP contribution >= 0.6 is 0 Å². The van der Waals surface area contributed by atoms with E-state index in [-0.39, 0.29) is 0 Å². The van der Waals surface area contributed by atoms with Gasteiger partial charge >= 0.3 is 0 Å². The van der Waals surface area contributed by atoms with Crippen molar-refractivity contribution in [2.24, 2.45) is 0 Å². The molecule has 0 spiro atoms. The van der Waals surface area contributed by atoms with Gasteiger partial charge in [-0.25, -0.2) is 0 Å². The Balaban J connectivity index is 2.89. The highest BCUT2D eigenvalue weighted by Crippen LogP contribution is 2.12. The first-order valence-electron chi connectivity index (χ1n) is 4.35. The molecule has 12 heavy (non-hydrogen) atoms. The van der Waals surface area contributed by atoms with E-state index in [1.165, 1.54) is 16.7 Å². The molecule has 0 heterocycles. The lowest BCUT2D eigenvalue weighted by Gasteiger charge is -2.05. The minimum atomic E-state index is 0.716. The van der Waals surface area contributed by atoms with Crippen molar-refractivity contribution in [2.45, 2.75) is 26.9 Å². The summed E-state index contributed by atoms with van der Waals surface area (Å²) in [5.41, 5.74) is 4.06. The van der Waals surface area contributed by atoms with Gasteiger partial charge in [-0.15, -0.1) is 0 Å². The molecule has 1 heteroatoms. The van der Waals surface area contributed by atoms with Crippen LogP contribution in [0.2, 0.25) is 0 Å². The van der Waals surface area contributed by atoms with Crippen LogP contribution in [0.4, 0.5) is 0 Å². The van der Waals surface area contributed by atoms with Gasteiger partial charge in [0.2, 0.25) is 0 Å². The van der Waals surface area contributed by atoms with Crippen molar-refractivity contribution < 1.29 is 4.74 Å². The highest BCUT2D eigenvalue weighted by atomic mass is 16.5. The van der Waals surface area contributed by atoms with E-state index in [0.29, 0.717) is 6.61 Å². The van der Waals surface area contributed by atoms with Crippen molar-refractivity contribution in [3.05, 3.63) is 34.9 Å². The first-order chi connectivity index (χ1) is 5.77. The molecule has 0 fully saturated rings. The van der Waals surface area contributed by atoms with Crippen molar-refractivity contribution in [3.63, 3.8) is 0 Å². The fourth-order valence-electron chi connectivity index (χ4n) is 1.36. The lowest BCUT2D eigenvalue weighted by atomic mass is 10.0. The Bertz CT molecular complexity index is 253. The third kappa shape index (κ3) is 2.08. The first-order valence-corrected chi connectivity index (χ1v) is 4.35. The summed E-state index contributed by atoms with van der Waals surface area (Å²) < 4.78 is 5.07. The van der Waals surface area contributed by atoms with E-state index in [0.717, 1.165) is 6.42 Å². The smallest absolute Gasteiger partial charge is 0.0713 e. The number of ether oxygens (including phenoxy) is 1. The lowest BCUT2D eigenvalue weighted by molar-refractivity contribution is 0.185. The normalized spacial score (nSPS) is 10.2. The van der Waals surface area contributed by atoms with Crippen LogP contribution in [0.1, 0.15) is 23.6 Å². The molecule has 0 aromatic heterocycles. The van der Waals surface area contributed by atoms with Crippen LogP contribution in [0.15, 0.2) is 18.2 Å². The molecule has 0 aliphatic heterocycles. The summed E-state index contributed by atoms with van der Waals surface area (Å²) in [7, 11) is 1.73. The topological polar surface area (TPSA) is 9.23 Å². The summed E-state index contributed by atoms with van der Waals surface area (Å²) in [5.74, 6) is 0. The second kappa shape index (κ2) is 4.27. The Kier molecular flexibility index (Phi) is 3.30. The minimum absolute atomic E-state index is 0.716. The summed E-state index contributed by atoms with van der Waals surface area (Å²) in [5, 5.41) is 0. The van der Waals surface area contributed by atoms with E-state index in [4.69, 9.17) is 4.74 Å². The largest absolute Gasteiger partial charge is 0.380 e. The second-order valence-corrected chi connectivity index (χ2v) is 3.05. The number of rotatable bonds is 3. The Labute approximate surface area is 74.4 Å². The van der Waals surface area contributed by atoms with Crippen LogP contribution in [-0.2, 0) is 17.8 Å². The third-order valence-electron chi connectivity index (χ3n) is 2.11. The van der Waals surface area contributed by atoms with E-state index < -0.39 is 0 Å². The molecule has 0 amide bonds. The highest BCUT2D eigenvalue weighted by Gasteiger charge is 1.97. The van der Waals surface area contributed by atoms with Gasteiger partial charge in [0, 0.05) is 7.11 Å². The second-order valence-electron chi connectivity index (χ2n) is 3.05. The number of benzene rings is 1. The van der Waals surface area contributed by atoms with Gasteiger partial charge in [0.25, 0.3) is 0 Å². The zero-order valence-electron chi connectivity index (χ0n) is 8.05. The molecular weight excluding hydrogens is 148 g/mol. The maximum atomic E-state index is 5.07. The van der Waals surface area contributed by atoms with Crippen LogP contribution in [0.25, 0.3) is 0 Å². The maximum absolute atomic E-state index is 5.07. The number of methoxy groups -OCH3 is 1. The number of aryl methyl sites for hydroxylation is 2. The summed E-state index contributed by atoms with van der Waals surface area (Å²) in [6.07, 6.45) is 1.10. The quantitative estimate of drug-likeness (QED) is 0.667. The highest BCUT2D eigenvalue weighted by molar-refractivity contribution is 5.30. The van der Waals surface area contributed by atoms with E-state index in [1.54, 1.807) is 7.11 Å².